The van der Waals surface area contributed by atoms with E-state index in [2.05, 4.69) is 48.5 Å². The van der Waals surface area contributed by atoms with Gasteiger partial charge >= 0.3 is 0 Å². The molecule has 0 radical (unpaired) electrons. The molecule has 0 amide bonds. The van der Waals surface area contributed by atoms with Crippen molar-refractivity contribution in [2.24, 2.45) is 0 Å². The van der Waals surface area contributed by atoms with Gasteiger partial charge in [0, 0.05) is 18.9 Å². The first-order valence-electron chi connectivity index (χ1n) is 6.57. The lowest BCUT2D eigenvalue weighted by molar-refractivity contribution is 0.932. The molecule has 0 heterocycles. The zero-order valence-electron chi connectivity index (χ0n) is 12.5. The Morgan fingerprint density at radius 2 is 1.89 bits per heavy atom. The minimum atomic E-state index is 0.849. The molecular formula is C17H24N2. The maximum atomic E-state index is 4.08. The smallest absolute Gasteiger partial charge is 0.102 e. The highest BCUT2D eigenvalue weighted by molar-refractivity contribution is 5.56. The first-order valence-corrected chi connectivity index (χ1v) is 6.57. The summed E-state index contributed by atoms with van der Waals surface area (Å²) < 4.78 is 0. The zero-order chi connectivity index (χ0) is 14.4. The number of hydrogen-bond donors (Lipinski definition) is 1. The minimum absolute atomic E-state index is 0.849. The monoisotopic (exact) mass is 256 g/mol. The second-order valence-electron chi connectivity index (χ2n) is 4.74. The third-order valence-electron chi connectivity index (χ3n) is 3.27. The van der Waals surface area contributed by atoms with Crippen molar-refractivity contribution in [3.63, 3.8) is 0 Å². The summed E-state index contributed by atoms with van der Waals surface area (Å²) in [5.41, 5.74) is 4.67. The summed E-state index contributed by atoms with van der Waals surface area (Å²) in [6, 6.07) is 8.37. The van der Waals surface area contributed by atoms with E-state index in [1.807, 2.05) is 33.2 Å². The van der Waals surface area contributed by atoms with E-state index in [-0.39, 0.29) is 0 Å². The molecule has 0 aliphatic heterocycles. The average Bonchev–Trinajstić information content (AvgIpc) is 2.43. The molecule has 2 heteroatoms. The molecule has 0 saturated heterocycles. The van der Waals surface area contributed by atoms with Crippen molar-refractivity contribution in [2.45, 2.75) is 27.2 Å². The number of para-hydroxylation sites is 1. The van der Waals surface area contributed by atoms with Gasteiger partial charge in [-0.15, -0.1) is 0 Å². The lowest BCUT2D eigenvalue weighted by Crippen LogP contribution is -2.25. The third-order valence-corrected chi connectivity index (χ3v) is 3.27. The van der Waals surface area contributed by atoms with Crippen LogP contribution in [0.4, 0.5) is 5.69 Å². The van der Waals surface area contributed by atoms with Crippen LogP contribution < -0.4 is 10.2 Å². The molecule has 0 aliphatic rings. The van der Waals surface area contributed by atoms with Crippen LogP contribution in [0.5, 0.6) is 0 Å². The molecule has 0 spiro atoms. The minimum Gasteiger partial charge on any atom is -0.348 e. The Bertz CT molecular complexity index is 498. The van der Waals surface area contributed by atoms with Crippen molar-refractivity contribution >= 4 is 5.69 Å². The molecule has 0 unspecified atom stereocenters. The van der Waals surface area contributed by atoms with E-state index < -0.39 is 0 Å². The van der Waals surface area contributed by atoms with Crippen molar-refractivity contribution in [1.82, 2.24) is 5.32 Å². The van der Waals surface area contributed by atoms with Crippen molar-refractivity contribution in [3.8, 4) is 0 Å². The summed E-state index contributed by atoms with van der Waals surface area (Å²) in [5, 5.41) is 3.22. The van der Waals surface area contributed by atoms with Crippen LogP contribution in [0.1, 0.15) is 26.3 Å². The number of nitrogens with zero attached hydrogens (tertiary/aromatic N) is 1. The van der Waals surface area contributed by atoms with Gasteiger partial charge in [0.15, 0.2) is 0 Å². The van der Waals surface area contributed by atoms with Crippen LogP contribution in [0.15, 0.2) is 60.6 Å². The fourth-order valence-electron chi connectivity index (χ4n) is 1.69. The second-order valence-corrected chi connectivity index (χ2v) is 4.74. The first kappa shape index (κ1) is 15.1. The topological polar surface area (TPSA) is 15.3 Å². The molecule has 0 bridgehead atoms. The Kier molecular flexibility index (Phi) is 5.43. The standard InChI is InChI=1S/C17H24N2/c1-7-16-10-8-9-11-17(16)19(6)15(5)18-12-14(4)13(2)3/h8-12,18H,2,5,7H2,1,3-4,6H3/b14-12+. The molecule has 1 aromatic rings. The number of nitrogens with one attached hydrogen (secondary N) is 1. The fraction of sp³-hybridized carbons (Fsp3) is 0.294. The van der Waals surface area contributed by atoms with Crippen LogP contribution in [0, 0.1) is 0 Å². The highest BCUT2D eigenvalue weighted by atomic mass is 15.2. The van der Waals surface area contributed by atoms with Gasteiger partial charge in [-0.05, 0) is 37.5 Å². The molecule has 0 saturated carbocycles. The lowest BCUT2D eigenvalue weighted by atomic mass is 10.1. The summed E-state index contributed by atoms with van der Waals surface area (Å²) in [7, 11) is 2.02. The molecule has 19 heavy (non-hydrogen) atoms. The van der Waals surface area contributed by atoms with Gasteiger partial charge in [0.2, 0.25) is 0 Å². The van der Waals surface area contributed by atoms with Gasteiger partial charge < -0.3 is 10.2 Å². The Balaban J connectivity index is 2.83. The summed E-state index contributed by atoms with van der Waals surface area (Å²) in [5.74, 6) is 0.849. The second kappa shape index (κ2) is 6.83. The maximum absolute atomic E-state index is 4.08. The third kappa shape index (κ3) is 4.02. The fourth-order valence-corrected chi connectivity index (χ4v) is 1.69. The van der Waals surface area contributed by atoms with Gasteiger partial charge in [0.05, 0.1) is 0 Å². The van der Waals surface area contributed by atoms with Crippen molar-refractivity contribution in [3.05, 3.63) is 66.2 Å². The van der Waals surface area contributed by atoms with Gasteiger partial charge in [-0.3, -0.25) is 0 Å². The van der Waals surface area contributed by atoms with E-state index in [0.29, 0.717) is 0 Å². The highest BCUT2D eigenvalue weighted by Crippen LogP contribution is 2.21. The highest BCUT2D eigenvalue weighted by Gasteiger charge is 2.07. The first-order chi connectivity index (χ1) is 8.97. The number of allylic oxidation sites excluding steroid dienone is 2. The van der Waals surface area contributed by atoms with Crippen LogP contribution in [0.2, 0.25) is 0 Å². The Morgan fingerprint density at radius 1 is 1.26 bits per heavy atom. The van der Waals surface area contributed by atoms with Gasteiger partial charge in [-0.1, -0.05) is 43.9 Å². The molecule has 0 aliphatic carbocycles. The number of hydrogen-bond acceptors (Lipinski definition) is 2. The number of anilines is 1. The maximum Gasteiger partial charge on any atom is 0.102 e. The Labute approximate surface area is 117 Å². The van der Waals surface area contributed by atoms with Crippen molar-refractivity contribution < 1.29 is 0 Å². The number of benzene rings is 1. The van der Waals surface area contributed by atoms with Gasteiger partial charge in [-0.25, -0.2) is 0 Å². The number of aryl methyl sites for hydroxylation is 1. The molecule has 0 atom stereocenters. The average molecular weight is 256 g/mol. The van der Waals surface area contributed by atoms with Gasteiger partial charge in [0.25, 0.3) is 0 Å². The SMILES string of the molecule is C=C(C)/C(C)=C/NC(=C)N(C)c1ccccc1CC. The number of rotatable bonds is 6. The normalized spacial score (nSPS) is 11.1. The van der Waals surface area contributed by atoms with Crippen LogP contribution in [-0.4, -0.2) is 7.05 Å². The zero-order valence-corrected chi connectivity index (χ0v) is 12.5. The molecule has 0 fully saturated rings. The van der Waals surface area contributed by atoms with Crippen molar-refractivity contribution in [2.75, 3.05) is 11.9 Å². The lowest BCUT2D eigenvalue weighted by Gasteiger charge is -2.24. The van der Waals surface area contributed by atoms with Gasteiger partial charge in [0.1, 0.15) is 5.82 Å². The molecule has 1 aromatic carbocycles. The molecular weight excluding hydrogens is 232 g/mol. The van der Waals surface area contributed by atoms with E-state index in [4.69, 9.17) is 0 Å². The van der Waals surface area contributed by atoms with Crippen LogP contribution in [0.25, 0.3) is 0 Å². The van der Waals surface area contributed by atoms with Crippen molar-refractivity contribution in [1.29, 1.82) is 0 Å². The summed E-state index contributed by atoms with van der Waals surface area (Å²) >= 11 is 0. The van der Waals surface area contributed by atoms with Crippen LogP contribution >= 0.6 is 0 Å². The van der Waals surface area contributed by atoms with E-state index >= 15 is 0 Å². The van der Waals surface area contributed by atoms with E-state index in [1.54, 1.807) is 0 Å². The van der Waals surface area contributed by atoms with E-state index in [0.717, 1.165) is 23.4 Å². The van der Waals surface area contributed by atoms with Crippen LogP contribution in [0.3, 0.4) is 0 Å². The Hall–Kier alpha value is -1.96. The predicted molar refractivity (Wildman–Crippen MR) is 85.1 cm³/mol. The van der Waals surface area contributed by atoms with Crippen LogP contribution in [-0.2, 0) is 6.42 Å². The summed E-state index contributed by atoms with van der Waals surface area (Å²) in [6.07, 6.45) is 2.95. The van der Waals surface area contributed by atoms with E-state index in [9.17, 15) is 0 Å². The summed E-state index contributed by atoms with van der Waals surface area (Å²) in [6.45, 7) is 14.2. The molecule has 1 N–H and O–H groups in total. The molecule has 1 rings (SSSR count). The van der Waals surface area contributed by atoms with Gasteiger partial charge in [-0.2, -0.15) is 0 Å². The van der Waals surface area contributed by atoms with E-state index in [1.165, 1.54) is 11.3 Å². The Morgan fingerprint density at radius 3 is 2.47 bits per heavy atom. The summed E-state index contributed by atoms with van der Waals surface area (Å²) in [4.78, 5) is 2.07. The predicted octanol–water partition coefficient (Wildman–Crippen LogP) is 4.23. The quantitative estimate of drug-likeness (QED) is 0.766. The molecule has 2 nitrogen and oxygen atoms in total. The molecule has 0 aromatic heterocycles. The largest absolute Gasteiger partial charge is 0.348 e. The molecule has 102 valence electrons.